The Morgan fingerprint density at radius 3 is 2.47 bits per heavy atom. The van der Waals surface area contributed by atoms with Crippen LogP contribution >= 0.6 is 11.8 Å². The molecule has 0 aliphatic heterocycles. The number of thioether (sulfide) groups is 1. The molecule has 0 atom stereocenters. The quantitative estimate of drug-likeness (QED) is 0.729. The Labute approximate surface area is 105 Å². The van der Waals surface area contributed by atoms with E-state index < -0.39 is 0 Å². The van der Waals surface area contributed by atoms with Gasteiger partial charge in [0.05, 0.1) is 27.1 Å². The van der Waals surface area contributed by atoms with Gasteiger partial charge in [0.15, 0.2) is 11.5 Å². The average Bonchev–Trinajstić information content (AvgIpc) is 2.38. The molecule has 1 aromatic carbocycles. The second kappa shape index (κ2) is 7.06. The third-order valence-electron chi connectivity index (χ3n) is 2.16. The van der Waals surface area contributed by atoms with Crippen molar-refractivity contribution in [3.63, 3.8) is 0 Å². The second-order valence-corrected chi connectivity index (χ2v) is 4.24. The molecule has 0 unspecified atom stereocenters. The van der Waals surface area contributed by atoms with Gasteiger partial charge in [-0.1, -0.05) is 6.07 Å². The molecule has 4 nitrogen and oxygen atoms in total. The van der Waals surface area contributed by atoms with Gasteiger partial charge in [0.2, 0.25) is 0 Å². The topological polar surface area (TPSA) is 44.8 Å². The summed E-state index contributed by atoms with van der Waals surface area (Å²) in [7, 11) is 4.59. The van der Waals surface area contributed by atoms with Crippen LogP contribution in [0, 0.1) is 0 Å². The fourth-order valence-electron chi connectivity index (χ4n) is 1.28. The van der Waals surface area contributed by atoms with Crippen LogP contribution in [0.2, 0.25) is 0 Å². The van der Waals surface area contributed by atoms with Gasteiger partial charge in [-0.3, -0.25) is 4.79 Å². The zero-order chi connectivity index (χ0) is 12.7. The summed E-state index contributed by atoms with van der Waals surface area (Å²) >= 11 is 1.50. The number of hydrogen-bond donors (Lipinski definition) is 0. The van der Waals surface area contributed by atoms with E-state index in [2.05, 4.69) is 4.74 Å². The van der Waals surface area contributed by atoms with Crippen molar-refractivity contribution in [1.29, 1.82) is 0 Å². The first kappa shape index (κ1) is 13.7. The minimum absolute atomic E-state index is 0.213. The van der Waals surface area contributed by atoms with Crippen molar-refractivity contribution in [2.45, 2.75) is 5.75 Å². The Kier molecular flexibility index (Phi) is 5.69. The molecule has 1 rings (SSSR count). The minimum atomic E-state index is -0.213. The molecule has 0 radical (unpaired) electrons. The van der Waals surface area contributed by atoms with Crippen LogP contribution in [0.25, 0.3) is 0 Å². The van der Waals surface area contributed by atoms with Gasteiger partial charge in [0.25, 0.3) is 0 Å². The average molecular weight is 256 g/mol. The number of benzene rings is 1. The summed E-state index contributed by atoms with van der Waals surface area (Å²) in [6, 6.07) is 5.71. The molecule has 0 aliphatic carbocycles. The molecule has 0 spiro atoms. The molecular weight excluding hydrogens is 240 g/mol. The molecule has 5 heteroatoms. The van der Waals surface area contributed by atoms with Crippen molar-refractivity contribution >= 4 is 17.7 Å². The van der Waals surface area contributed by atoms with Gasteiger partial charge < -0.3 is 14.2 Å². The highest BCUT2D eigenvalue weighted by Crippen LogP contribution is 2.28. The minimum Gasteiger partial charge on any atom is -0.493 e. The summed E-state index contributed by atoms with van der Waals surface area (Å²) < 4.78 is 14.9. The lowest BCUT2D eigenvalue weighted by Crippen LogP contribution is -2.03. The lowest BCUT2D eigenvalue weighted by molar-refractivity contribution is -0.137. The molecular formula is C12H16O4S. The van der Waals surface area contributed by atoms with Crippen molar-refractivity contribution in [2.24, 2.45) is 0 Å². The zero-order valence-corrected chi connectivity index (χ0v) is 11.0. The largest absolute Gasteiger partial charge is 0.493 e. The Morgan fingerprint density at radius 1 is 1.18 bits per heavy atom. The first-order valence-corrected chi connectivity index (χ1v) is 6.22. The van der Waals surface area contributed by atoms with E-state index in [9.17, 15) is 4.79 Å². The highest BCUT2D eigenvalue weighted by molar-refractivity contribution is 7.99. The van der Waals surface area contributed by atoms with Gasteiger partial charge in [0.1, 0.15) is 0 Å². The van der Waals surface area contributed by atoms with Crippen LogP contribution in [0.1, 0.15) is 5.56 Å². The predicted octanol–water partition coefficient (Wildman–Crippen LogP) is 2.11. The van der Waals surface area contributed by atoms with Crippen LogP contribution in [0.4, 0.5) is 0 Å². The van der Waals surface area contributed by atoms with E-state index in [1.54, 1.807) is 14.2 Å². The van der Waals surface area contributed by atoms with E-state index >= 15 is 0 Å². The molecule has 1 aromatic rings. The molecule has 0 amide bonds. The van der Waals surface area contributed by atoms with E-state index in [4.69, 9.17) is 9.47 Å². The number of rotatable bonds is 6. The van der Waals surface area contributed by atoms with E-state index in [0.29, 0.717) is 17.3 Å². The third kappa shape index (κ3) is 4.19. The summed E-state index contributed by atoms with van der Waals surface area (Å²) in [4.78, 5) is 10.9. The standard InChI is InChI=1S/C12H16O4S/c1-14-10-5-4-9(6-11(10)15-2)7-17-8-12(13)16-3/h4-6H,7-8H2,1-3H3. The van der Waals surface area contributed by atoms with E-state index in [1.807, 2.05) is 18.2 Å². The Morgan fingerprint density at radius 2 is 1.88 bits per heavy atom. The van der Waals surface area contributed by atoms with Crippen molar-refractivity contribution in [3.8, 4) is 11.5 Å². The molecule has 94 valence electrons. The normalized spacial score (nSPS) is 9.82. The lowest BCUT2D eigenvalue weighted by Gasteiger charge is -2.09. The van der Waals surface area contributed by atoms with Crippen LogP contribution in [0.15, 0.2) is 18.2 Å². The molecule has 0 heterocycles. The molecule has 0 N–H and O–H groups in total. The maximum atomic E-state index is 10.9. The lowest BCUT2D eigenvalue weighted by atomic mass is 10.2. The van der Waals surface area contributed by atoms with Gasteiger partial charge in [0, 0.05) is 5.75 Å². The number of ether oxygens (including phenoxy) is 3. The summed E-state index contributed by atoms with van der Waals surface area (Å²) in [5.41, 5.74) is 1.08. The van der Waals surface area contributed by atoms with Crippen LogP contribution < -0.4 is 9.47 Å². The predicted molar refractivity (Wildman–Crippen MR) is 67.7 cm³/mol. The van der Waals surface area contributed by atoms with E-state index in [1.165, 1.54) is 18.9 Å². The molecule has 0 aromatic heterocycles. The van der Waals surface area contributed by atoms with Crippen molar-refractivity contribution in [2.75, 3.05) is 27.1 Å². The van der Waals surface area contributed by atoms with Gasteiger partial charge in [-0.05, 0) is 17.7 Å². The summed E-state index contributed by atoms with van der Waals surface area (Å²) in [6.45, 7) is 0. The van der Waals surface area contributed by atoms with Crippen molar-refractivity contribution in [3.05, 3.63) is 23.8 Å². The summed E-state index contributed by atoms with van der Waals surface area (Å²) in [5, 5.41) is 0. The van der Waals surface area contributed by atoms with Crippen molar-refractivity contribution < 1.29 is 19.0 Å². The van der Waals surface area contributed by atoms with Crippen LogP contribution in [-0.2, 0) is 15.3 Å². The van der Waals surface area contributed by atoms with E-state index in [0.717, 1.165) is 11.3 Å². The Hall–Kier alpha value is -1.36. The number of carbonyl (C=O) groups excluding carboxylic acids is 1. The number of methoxy groups -OCH3 is 3. The fraction of sp³-hybridized carbons (Fsp3) is 0.417. The molecule has 0 saturated heterocycles. The monoisotopic (exact) mass is 256 g/mol. The summed E-state index contributed by atoms with van der Waals surface area (Å²) in [5.74, 6) is 2.27. The maximum Gasteiger partial charge on any atom is 0.315 e. The molecule has 17 heavy (non-hydrogen) atoms. The first-order valence-electron chi connectivity index (χ1n) is 5.06. The fourth-order valence-corrected chi connectivity index (χ4v) is 2.08. The highest BCUT2D eigenvalue weighted by Gasteiger charge is 2.05. The first-order chi connectivity index (χ1) is 8.21. The van der Waals surface area contributed by atoms with E-state index in [-0.39, 0.29) is 5.97 Å². The molecule has 0 saturated carbocycles. The van der Waals surface area contributed by atoms with Crippen molar-refractivity contribution in [1.82, 2.24) is 0 Å². The number of hydrogen-bond acceptors (Lipinski definition) is 5. The second-order valence-electron chi connectivity index (χ2n) is 3.26. The Balaban J connectivity index is 2.57. The zero-order valence-electron chi connectivity index (χ0n) is 10.2. The van der Waals surface area contributed by atoms with Gasteiger partial charge in [-0.2, -0.15) is 0 Å². The van der Waals surface area contributed by atoms with Crippen LogP contribution in [0.3, 0.4) is 0 Å². The summed E-state index contributed by atoms with van der Waals surface area (Å²) in [6.07, 6.45) is 0. The number of carbonyl (C=O) groups is 1. The SMILES string of the molecule is COC(=O)CSCc1ccc(OC)c(OC)c1. The van der Waals surface area contributed by atoms with Gasteiger partial charge in [-0.15, -0.1) is 11.8 Å². The maximum absolute atomic E-state index is 10.9. The molecule has 0 fully saturated rings. The third-order valence-corrected chi connectivity index (χ3v) is 3.14. The highest BCUT2D eigenvalue weighted by atomic mass is 32.2. The number of esters is 1. The Bertz CT molecular complexity index is 379. The van der Waals surface area contributed by atoms with Crippen LogP contribution in [0.5, 0.6) is 11.5 Å². The van der Waals surface area contributed by atoms with Crippen LogP contribution in [-0.4, -0.2) is 33.1 Å². The molecule has 0 bridgehead atoms. The van der Waals surface area contributed by atoms with Gasteiger partial charge in [-0.25, -0.2) is 0 Å². The molecule has 0 aliphatic rings. The smallest absolute Gasteiger partial charge is 0.315 e. The van der Waals surface area contributed by atoms with Gasteiger partial charge >= 0.3 is 5.97 Å².